The van der Waals surface area contributed by atoms with Crippen LogP contribution in [-0.2, 0) is 12.8 Å². The van der Waals surface area contributed by atoms with Gasteiger partial charge in [-0.2, -0.15) is 5.10 Å². The Morgan fingerprint density at radius 3 is 2.45 bits per heavy atom. The normalized spacial score (nSPS) is 13.6. The van der Waals surface area contributed by atoms with Gasteiger partial charge in [-0.3, -0.25) is 0 Å². The van der Waals surface area contributed by atoms with Crippen LogP contribution >= 0.6 is 0 Å². The Labute approximate surface area is 111 Å². The average Bonchev–Trinajstić information content (AvgIpc) is 2.90. The maximum atomic E-state index is 13.8. The number of carboxylic acids is 1. The van der Waals surface area contributed by atoms with Crippen LogP contribution in [0.5, 0.6) is 0 Å². The Morgan fingerprint density at radius 1 is 1.20 bits per heavy atom. The first-order valence-electron chi connectivity index (χ1n) is 5.98. The Balaban J connectivity index is 2.27. The first kappa shape index (κ1) is 12.7. The van der Waals surface area contributed by atoms with Gasteiger partial charge in [-0.05, 0) is 19.3 Å². The van der Waals surface area contributed by atoms with Crippen LogP contribution in [-0.4, -0.2) is 20.9 Å². The van der Waals surface area contributed by atoms with Crippen LogP contribution in [0.15, 0.2) is 12.1 Å². The third kappa shape index (κ3) is 1.77. The minimum Gasteiger partial charge on any atom is -0.476 e. The minimum atomic E-state index is -1.25. The molecular formula is C13H9F3N2O2. The molecule has 0 spiro atoms. The number of benzene rings is 1. The molecule has 4 nitrogen and oxygen atoms in total. The van der Waals surface area contributed by atoms with Gasteiger partial charge in [0.25, 0.3) is 0 Å². The summed E-state index contributed by atoms with van der Waals surface area (Å²) in [6.45, 7) is 0. The molecule has 0 saturated carbocycles. The van der Waals surface area contributed by atoms with E-state index in [1.807, 2.05) is 0 Å². The molecule has 1 aromatic heterocycles. The van der Waals surface area contributed by atoms with Gasteiger partial charge >= 0.3 is 5.97 Å². The summed E-state index contributed by atoms with van der Waals surface area (Å²) in [7, 11) is 0. The molecule has 7 heteroatoms. The number of rotatable bonds is 2. The van der Waals surface area contributed by atoms with Gasteiger partial charge in [-0.1, -0.05) is 0 Å². The first-order chi connectivity index (χ1) is 9.49. The lowest BCUT2D eigenvalue weighted by Crippen LogP contribution is -2.09. The molecule has 0 amide bonds. The summed E-state index contributed by atoms with van der Waals surface area (Å²) in [4.78, 5) is 11.1. The first-order valence-corrected chi connectivity index (χ1v) is 5.98. The Hall–Kier alpha value is -2.31. The van der Waals surface area contributed by atoms with Crippen LogP contribution in [0.2, 0.25) is 0 Å². The molecule has 1 heterocycles. The fraction of sp³-hybridized carbons (Fsp3) is 0.231. The van der Waals surface area contributed by atoms with Crippen molar-refractivity contribution >= 4 is 5.97 Å². The van der Waals surface area contributed by atoms with E-state index in [4.69, 9.17) is 5.11 Å². The van der Waals surface area contributed by atoms with Crippen LogP contribution in [0.25, 0.3) is 5.69 Å². The van der Waals surface area contributed by atoms with E-state index in [0.717, 1.165) is 4.68 Å². The van der Waals surface area contributed by atoms with Crippen molar-refractivity contribution in [1.29, 1.82) is 0 Å². The summed E-state index contributed by atoms with van der Waals surface area (Å²) in [5, 5.41) is 12.8. The van der Waals surface area contributed by atoms with Crippen LogP contribution in [0.3, 0.4) is 0 Å². The molecule has 0 unspecified atom stereocenters. The summed E-state index contributed by atoms with van der Waals surface area (Å²) in [6, 6.07) is 1.09. The molecule has 0 aliphatic heterocycles. The predicted molar refractivity (Wildman–Crippen MR) is 62.4 cm³/mol. The molecule has 20 heavy (non-hydrogen) atoms. The zero-order valence-corrected chi connectivity index (χ0v) is 10.2. The lowest BCUT2D eigenvalue weighted by molar-refractivity contribution is 0.0688. The summed E-state index contributed by atoms with van der Waals surface area (Å²) in [5.41, 5.74) is 0.199. The molecule has 0 bridgehead atoms. The third-order valence-corrected chi connectivity index (χ3v) is 3.33. The largest absolute Gasteiger partial charge is 0.476 e. The van der Waals surface area contributed by atoms with E-state index in [2.05, 4.69) is 5.10 Å². The van der Waals surface area contributed by atoms with Crippen molar-refractivity contribution in [3.8, 4) is 5.69 Å². The van der Waals surface area contributed by atoms with E-state index in [1.165, 1.54) is 0 Å². The highest BCUT2D eigenvalue weighted by Crippen LogP contribution is 2.30. The van der Waals surface area contributed by atoms with Crippen LogP contribution in [0.1, 0.15) is 28.2 Å². The number of carboxylic acid groups (broad SMARTS) is 1. The fourth-order valence-electron chi connectivity index (χ4n) is 2.53. The van der Waals surface area contributed by atoms with Crippen LogP contribution in [0, 0.1) is 17.5 Å². The molecule has 0 radical (unpaired) electrons. The van der Waals surface area contributed by atoms with Crippen molar-refractivity contribution in [3.63, 3.8) is 0 Å². The van der Waals surface area contributed by atoms with E-state index in [9.17, 15) is 18.0 Å². The van der Waals surface area contributed by atoms with Gasteiger partial charge in [0.05, 0.1) is 0 Å². The highest BCUT2D eigenvalue weighted by molar-refractivity contribution is 5.87. The lowest BCUT2D eigenvalue weighted by atomic mass is 10.2. The summed E-state index contributed by atoms with van der Waals surface area (Å²) < 4.78 is 41.4. The summed E-state index contributed by atoms with van der Waals surface area (Å²) in [5.74, 6) is -4.51. The van der Waals surface area contributed by atoms with Crippen molar-refractivity contribution < 1.29 is 23.1 Å². The van der Waals surface area contributed by atoms with Gasteiger partial charge in [-0.15, -0.1) is 0 Å². The smallest absolute Gasteiger partial charge is 0.356 e. The zero-order valence-electron chi connectivity index (χ0n) is 10.2. The monoisotopic (exact) mass is 282 g/mol. The van der Waals surface area contributed by atoms with Gasteiger partial charge in [0, 0.05) is 23.4 Å². The van der Waals surface area contributed by atoms with E-state index in [0.29, 0.717) is 42.7 Å². The minimum absolute atomic E-state index is 0.208. The van der Waals surface area contributed by atoms with E-state index in [-0.39, 0.29) is 5.69 Å². The van der Waals surface area contributed by atoms with Crippen molar-refractivity contribution in [2.45, 2.75) is 19.3 Å². The van der Waals surface area contributed by atoms with E-state index < -0.39 is 29.1 Å². The van der Waals surface area contributed by atoms with E-state index >= 15 is 0 Å². The molecule has 1 aliphatic carbocycles. The van der Waals surface area contributed by atoms with Gasteiger partial charge in [-0.25, -0.2) is 22.6 Å². The quantitative estimate of drug-likeness (QED) is 0.920. The molecule has 104 valence electrons. The molecule has 0 saturated heterocycles. The van der Waals surface area contributed by atoms with Crippen molar-refractivity contribution in [2.75, 3.05) is 0 Å². The second-order valence-electron chi connectivity index (χ2n) is 4.56. The van der Waals surface area contributed by atoms with Crippen LogP contribution < -0.4 is 0 Å². The molecule has 1 aromatic carbocycles. The highest BCUT2D eigenvalue weighted by atomic mass is 19.1. The van der Waals surface area contributed by atoms with Crippen LogP contribution in [0.4, 0.5) is 13.2 Å². The average molecular weight is 282 g/mol. The molecular weight excluding hydrogens is 273 g/mol. The SMILES string of the molecule is O=C(O)c1nn(-c2c(F)cc(F)cc2F)c2c1CCC2. The van der Waals surface area contributed by atoms with Gasteiger partial charge in [0.2, 0.25) is 0 Å². The molecule has 1 N–H and O–H groups in total. The topological polar surface area (TPSA) is 55.1 Å². The fourth-order valence-corrected chi connectivity index (χ4v) is 2.53. The van der Waals surface area contributed by atoms with E-state index in [1.54, 1.807) is 0 Å². The zero-order chi connectivity index (χ0) is 14.4. The molecule has 1 aliphatic rings. The molecule has 2 aromatic rings. The number of halogens is 3. The number of carbonyl (C=O) groups is 1. The number of hydrogen-bond donors (Lipinski definition) is 1. The van der Waals surface area contributed by atoms with Gasteiger partial charge in [0.15, 0.2) is 17.3 Å². The van der Waals surface area contributed by atoms with Crippen molar-refractivity contribution in [2.24, 2.45) is 0 Å². The second-order valence-corrected chi connectivity index (χ2v) is 4.56. The maximum Gasteiger partial charge on any atom is 0.356 e. The summed E-state index contributed by atoms with van der Waals surface area (Å²) >= 11 is 0. The number of fused-ring (bicyclic) bond motifs is 1. The Kier molecular flexibility index (Phi) is 2.77. The second kappa shape index (κ2) is 4.36. The Morgan fingerprint density at radius 2 is 1.85 bits per heavy atom. The summed E-state index contributed by atoms with van der Waals surface area (Å²) in [6.07, 6.45) is 1.67. The molecule has 0 fully saturated rings. The maximum absolute atomic E-state index is 13.8. The highest BCUT2D eigenvalue weighted by Gasteiger charge is 2.29. The third-order valence-electron chi connectivity index (χ3n) is 3.33. The van der Waals surface area contributed by atoms with Crippen molar-refractivity contribution in [1.82, 2.24) is 9.78 Å². The number of aromatic nitrogens is 2. The Bertz CT molecular complexity index is 702. The lowest BCUT2D eigenvalue weighted by Gasteiger charge is -2.08. The number of hydrogen-bond acceptors (Lipinski definition) is 2. The van der Waals surface area contributed by atoms with Gasteiger partial charge < -0.3 is 5.11 Å². The number of nitrogens with zero attached hydrogens (tertiary/aromatic N) is 2. The van der Waals surface area contributed by atoms with Gasteiger partial charge in [0.1, 0.15) is 11.5 Å². The molecule has 0 atom stereocenters. The standard InChI is InChI=1S/C13H9F3N2O2/c14-6-4-8(15)12(9(16)5-6)18-10-3-1-2-7(10)11(17-18)13(19)20/h4-5H,1-3H2,(H,19,20). The predicted octanol–water partition coefficient (Wildman–Crippen LogP) is 2.48. The number of aromatic carboxylic acids is 1. The van der Waals surface area contributed by atoms with Crippen molar-refractivity contribution in [3.05, 3.63) is 46.5 Å². The molecule has 3 rings (SSSR count).